The molecule has 2 aromatic carbocycles. The molecule has 150 valence electrons. The van der Waals surface area contributed by atoms with E-state index in [1.54, 1.807) is 5.01 Å². The van der Waals surface area contributed by atoms with Crippen LogP contribution in [-0.4, -0.2) is 61.2 Å². The van der Waals surface area contributed by atoms with Crippen molar-refractivity contribution in [1.82, 2.24) is 9.91 Å². The Balaban J connectivity index is 1.43. The highest BCUT2D eigenvalue weighted by Crippen LogP contribution is 2.39. The third-order valence-corrected chi connectivity index (χ3v) is 5.52. The van der Waals surface area contributed by atoms with Crippen LogP contribution in [0.2, 0.25) is 0 Å². The van der Waals surface area contributed by atoms with E-state index in [9.17, 15) is 4.79 Å². The zero-order chi connectivity index (χ0) is 19.6. The molecule has 0 radical (unpaired) electrons. The molecule has 0 N–H and O–H groups in total. The minimum atomic E-state index is -0.159. The predicted molar refractivity (Wildman–Crippen MR) is 107 cm³/mol. The van der Waals surface area contributed by atoms with Gasteiger partial charge >= 0.3 is 0 Å². The van der Waals surface area contributed by atoms with Crippen molar-refractivity contribution in [2.45, 2.75) is 12.5 Å². The Hall–Kier alpha value is -2.90. The van der Waals surface area contributed by atoms with E-state index in [1.807, 2.05) is 48.5 Å². The van der Waals surface area contributed by atoms with Gasteiger partial charge in [0.05, 0.1) is 31.5 Å². The zero-order valence-corrected chi connectivity index (χ0v) is 16.1. The van der Waals surface area contributed by atoms with Crippen molar-refractivity contribution in [1.29, 1.82) is 0 Å². The van der Waals surface area contributed by atoms with Crippen LogP contribution in [0.1, 0.15) is 23.6 Å². The quantitative estimate of drug-likeness (QED) is 0.798. The van der Waals surface area contributed by atoms with Crippen molar-refractivity contribution in [2.24, 2.45) is 5.10 Å². The van der Waals surface area contributed by atoms with Gasteiger partial charge in [0.1, 0.15) is 0 Å². The lowest BCUT2D eigenvalue weighted by molar-refractivity contribution is -0.135. The van der Waals surface area contributed by atoms with Gasteiger partial charge in [-0.05, 0) is 23.3 Å². The molecule has 2 aromatic rings. The lowest BCUT2D eigenvalue weighted by atomic mass is 9.98. The first kappa shape index (κ1) is 18.1. The van der Waals surface area contributed by atoms with Gasteiger partial charge in [-0.2, -0.15) is 5.10 Å². The van der Waals surface area contributed by atoms with E-state index < -0.39 is 0 Å². The minimum Gasteiger partial charge on any atom is -0.454 e. The summed E-state index contributed by atoms with van der Waals surface area (Å²) in [6.45, 7) is 3.44. The van der Waals surface area contributed by atoms with E-state index in [1.165, 1.54) is 0 Å². The molecule has 3 aliphatic rings. The van der Waals surface area contributed by atoms with E-state index in [4.69, 9.17) is 19.3 Å². The molecule has 3 heterocycles. The second kappa shape index (κ2) is 7.85. The van der Waals surface area contributed by atoms with Crippen LogP contribution in [0.15, 0.2) is 53.6 Å². The summed E-state index contributed by atoms with van der Waals surface area (Å²) < 4.78 is 16.4. The van der Waals surface area contributed by atoms with Gasteiger partial charge in [-0.25, -0.2) is 5.01 Å². The maximum absolute atomic E-state index is 13.2. The van der Waals surface area contributed by atoms with Crippen molar-refractivity contribution < 1.29 is 19.0 Å². The summed E-state index contributed by atoms with van der Waals surface area (Å²) in [5.74, 6) is 1.46. The van der Waals surface area contributed by atoms with Gasteiger partial charge in [0.2, 0.25) is 6.79 Å². The van der Waals surface area contributed by atoms with E-state index in [-0.39, 0.29) is 18.7 Å². The predicted octanol–water partition coefficient (Wildman–Crippen LogP) is 2.43. The number of fused-ring (bicyclic) bond motifs is 1. The first-order chi connectivity index (χ1) is 14.3. The summed E-state index contributed by atoms with van der Waals surface area (Å²) in [5, 5.41) is 6.39. The Morgan fingerprint density at radius 1 is 1.03 bits per heavy atom. The third kappa shape index (κ3) is 3.71. The summed E-state index contributed by atoms with van der Waals surface area (Å²) in [6, 6.07) is 15.7. The fourth-order valence-electron chi connectivity index (χ4n) is 3.95. The van der Waals surface area contributed by atoms with Crippen LogP contribution in [0.4, 0.5) is 0 Å². The standard InChI is InChI=1S/C22H23N3O4/c26-22(14-24-8-10-27-11-9-24)25-19(13-18(23-25)16-4-2-1-3-5-16)17-6-7-20-21(12-17)29-15-28-20/h1-7,12,19H,8-11,13-15H2. The van der Waals surface area contributed by atoms with Gasteiger partial charge in [-0.15, -0.1) is 0 Å². The van der Waals surface area contributed by atoms with Gasteiger partial charge in [0, 0.05) is 19.5 Å². The first-order valence-electron chi connectivity index (χ1n) is 9.92. The number of morpholine rings is 1. The summed E-state index contributed by atoms with van der Waals surface area (Å²) >= 11 is 0. The third-order valence-electron chi connectivity index (χ3n) is 5.52. The number of carbonyl (C=O) groups excluding carboxylic acids is 1. The number of rotatable bonds is 4. The molecule has 0 saturated carbocycles. The molecule has 1 atom stereocenters. The number of nitrogens with zero attached hydrogens (tertiary/aromatic N) is 3. The minimum absolute atomic E-state index is 0.000461. The van der Waals surface area contributed by atoms with Crippen molar-refractivity contribution >= 4 is 11.6 Å². The summed E-state index contributed by atoms with van der Waals surface area (Å²) in [5.41, 5.74) is 2.96. The van der Waals surface area contributed by atoms with E-state index in [0.717, 1.165) is 41.4 Å². The number of hydrogen-bond acceptors (Lipinski definition) is 6. The second-order valence-corrected chi connectivity index (χ2v) is 7.37. The van der Waals surface area contributed by atoms with E-state index in [0.29, 0.717) is 26.2 Å². The Morgan fingerprint density at radius 3 is 2.66 bits per heavy atom. The lowest BCUT2D eigenvalue weighted by Gasteiger charge is -2.29. The summed E-state index contributed by atoms with van der Waals surface area (Å²) in [6.07, 6.45) is 0.665. The molecule has 5 rings (SSSR count). The zero-order valence-electron chi connectivity index (χ0n) is 16.1. The maximum Gasteiger partial charge on any atom is 0.257 e. The molecular weight excluding hydrogens is 370 g/mol. The van der Waals surface area contributed by atoms with Crippen LogP contribution in [0, 0.1) is 0 Å². The van der Waals surface area contributed by atoms with Crippen LogP contribution in [0.3, 0.4) is 0 Å². The molecule has 1 unspecified atom stereocenters. The Kier molecular flexibility index (Phi) is 4.91. The first-order valence-corrected chi connectivity index (χ1v) is 9.92. The van der Waals surface area contributed by atoms with E-state index >= 15 is 0 Å². The van der Waals surface area contributed by atoms with Gasteiger partial charge < -0.3 is 14.2 Å². The normalized spacial score (nSPS) is 21.3. The van der Waals surface area contributed by atoms with Gasteiger partial charge in [0.15, 0.2) is 11.5 Å². The lowest BCUT2D eigenvalue weighted by Crippen LogP contribution is -2.43. The molecule has 7 heteroatoms. The highest BCUT2D eigenvalue weighted by atomic mass is 16.7. The molecule has 0 aromatic heterocycles. The second-order valence-electron chi connectivity index (χ2n) is 7.37. The monoisotopic (exact) mass is 393 g/mol. The van der Waals surface area contributed by atoms with Crippen LogP contribution >= 0.6 is 0 Å². The van der Waals surface area contributed by atoms with Crippen LogP contribution < -0.4 is 9.47 Å². The Morgan fingerprint density at radius 2 is 1.83 bits per heavy atom. The molecule has 1 saturated heterocycles. The Labute approximate surface area is 169 Å². The topological polar surface area (TPSA) is 63.6 Å². The molecule has 1 amide bonds. The molecule has 0 spiro atoms. The van der Waals surface area contributed by atoms with Gasteiger partial charge in [-0.3, -0.25) is 9.69 Å². The van der Waals surface area contributed by atoms with Crippen molar-refractivity contribution in [3.05, 3.63) is 59.7 Å². The largest absolute Gasteiger partial charge is 0.454 e. The molecule has 0 aliphatic carbocycles. The SMILES string of the molecule is O=C(CN1CCOCC1)N1N=C(c2ccccc2)CC1c1ccc2c(c1)OCO2. The molecular formula is C22H23N3O4. The number of carbonyl (C=O) groups is 1. The fourth-order valence-corrected chi connectivity index (χ4v) is 3.95. The average Bonchev–Trinajstić information content (AvgIpc) is 3.42. The average molecular weight is 393 g/mol. The summed E-state index contributed by atoms with van der Waals surface area (Å²) in [7, 11) is 0. The maximum atomic E-state index is 13.2. The smallest absolute Gasteiger partial charge is 0.257 e. The van der Waals surface area contributed by atoms with Crippen LogP contribution in [-0.2, 0) is 9.53 Å². The molecule has 1 fully saturated rings. The fraction of sp³-hybridized carbons (Fsp3) is 0.364. The Bertz CT molecular complexity index is 925. The molecule has 29 heavy (non-hydrogen) atoms. The number of amides is 1. The summed E-state index contributed by atoms with van der Waals surface area (Å²) in [4.78, 5) is 15.3. The number of hydrazone groups is 1. The number of hydrogen-bond donors (Lipinski definition) is 0. The highest BCUT2D eigenvalue weighted by Gasteiger charge is 2.34. The highest BCUT2D eigenvalue weighted by molar-refractivity contribution is 6.03. The van der Waals surface area contributed by atoms with Gasteiger partial charge in [0.25, 0.3) is 5.91 Å². The van der Waals surface area contributed by atoms with Crippen LogP contribution in [0.5, 0.6) is 11.5 Å². The molecule has 3 aliphatic heterocycles. The van der Waals surface area contributed by atoms with E-state index in [2.05, 4.69) is 4.90 Å². The molecule has 7 nitrogen and oxygen atoms in total. The van der Waals surface area contributed by atoms with Crippen molar-refractivity contribution in [3.8, 4) is 11.5 Å². The van der Waals surface area contributed by atoms with Crippen molar-refractivity contribution in [3.63, 3.8) is 0 Å². The van der Waals surface area contributed by atoms with Gasteiger partial charge in [-0.1, -0.05) is 36.4 Å². The van der Waals surface area contributed by atoms with Crippen molar-refractivity contribution in [2.75, 3.05) is 39.6 Å². The number of benzene rings is 2. The van der Waals surface area contributed by atoms with Crippen LogP contribution in [0.25, 0.3) is 0 Å². The molecule has 0 bridgehead atoms. The number of ether oxygens (including phenoxy) is 3.